The fraction of sp³-hybridized carbons (Fsp3) is 0.625. The van der Waals surface area contributed by atoms with Crippen molar-refractivity contribution in [2.24, 2.45) is 0 Å². The third-order valence-corrected chi connectivity index (χ3v) is 1.97. The number of aliphatic hydroxyl groups is 1. The van der Waals surface area contributed by atoms with Gasteiger partial charge in [-0.3, -0.25) is 0 Å². The van der Waals surface area contributed by atoms with E-state index in [1.807, 2.05) is 6.92 Å². The highest BCUT2D eigenvalue weighted by molar-refractivity contribution is 5.73. The molecule has 1 aromatic heterocycles. The number of carbonyl (C=O) groups is 1. The second kappa shape index (κ2) is 4.71. The number of hydrogen-bond donors (Lipinski definition) is 1. The van der Waals surface area contributed by atoms with Gasteiger partial charge in [-0.15, -0.1) is 5.10 Å². The summed E-state index contributed by atoms with van der Waals surface area (Å²) in [6.45, 7) is 1.64. The second-order valence-corrected chi connectivity index (χ2v) is 2.78. The summed E-state index contributed by atoms with van der Waals surface area (Å²) in [5.41, 5.74) is 0.502. The zero-order valence-corrected chi connectivity index (χ0v) is 8.17. The summed E-state index contributed by atoms with van der Waals surface area (Å²) in [7, 11) is 1.32. The Balaban J connectivity index is 2.94. The maximum Gasteiger partial charge on any atom is 0.330 e. The first-order chi connectivity index (χ1) is 6.74. The maximum absolute atomic E-state index is 11.3. The number of esters is 1. The standard InChI is InChI=1S/C8H13N3O3/c1-3-7(8(13)14-2)11-6(5-12)4-9-10-11/h4,7,12H,3,5H2,1-2H3/t7-/m0/s1. The molecule has 14 heavy (non-hydrogen) atoms. The van der Waals surface area contributed by atoms with Gasteiger partial charge in [0.2, 0.25) is 0 Å². The Kier molecular flexibility index (Phi) is 3.58. The van der Waals surface area contributed by atoms with Crippen LogP contribution in [0.5, 0.6) is 0 Å². The van der Waals surface area contributed by atoms with Crippen molar-refractivity contribution < 1.29 is 14.6 Å². The molecule has 0 aliphatic carbocycles. The molecule has 0 fully saturated rings. The summed E-state index contributed by atoms with van der Waals surface area (Å²) in [6, 6.07) is -0.510. The average molecular weight is 199 g/mol. The smallest absolute Gasteiger partial charge is 0.330 e. The summed E-state index contributed by atoms with van der Waals surface area (Å²) in [4.78, 5) is 11.3. The zero-order chi connectivity index (χ0) is 10.6. The van der Waals surface area contributed by atoms with Crippen LogP contribution in [-0.4, -0.2) is 33.2 Å². The van der Waals surface area contributed by atoms with Crippen molar-refractivity contribution in [1.82, 2.24) is 15.0 Å². The molecule has 0 aromatic carbocycles. The number of ether oxygens (including phenoxy) is 1. The Morgan fingerprint density at radius 1 is 1.79 bits per heavy atom. The molecule has 0 unspecified atom stereocenters. The van der Waals surface area contributed by atoms with Gasteiger partial charge in [0.05, 0.1) is 25.6 Å². The van der Waals surface area contributed by atoms with E-state index in [-0.39, 0.29) is 12.6 Å². The summed E-state index contributed by atoms with van der Waals surface area (Å²) in [5, 5.41) is 16.3. The van der Waals surface area contributed by atoms with Crippen LogP contribution in [0.15, 0.2) is 6.20 Å². The minimum atomic E-state index is -0.510. The van der Waals surface area contributed by atoms with Gasteiger partial charge in [-0.05, 0) is 6.42 Å². The highest BCUT2D eigenvalue weighted by Crippen LogP contribution is 2.13. The van der Waals surface area contributed by atoms with Gasteiger partial charge in [-0.25, -0.2) is 9.48 Å². The topological polar surface area (TPSA) is 77.2 Å². The molecule has 0 amide bonds. The molecule has 0 aliphatic heterocycles. The van der Waals surface area contributed by atoms with Gasteiger partial charge in [-0.2, -0.15) is 0 Å². The second-order valence-electron chi connectivity index (χ2n) is 2.78. The van der Waals surface area contributed by atoms with Crippen LogP contribution in [0, 0.1) is 0 Å². The lowest BCUT2D eigenvalue weighted by atomic mass is 10.2. The van der Waals surface area contributed by atoms with E-state index in [4.69, 9.17) is 5.11 Å². The molecule has 1 atom stereocenters. The Bertz CT molecular complexity index is 311. The van der Waals surface area contributed by atoms with Crippen LogP contribution in [0.25, 0.3) is 0 Å². The molecular weight excluding hydrogens is 186 g/mol. The molecule has 78 valence electrons. The predicted molar refractivity (Wildman–Crippen MR) is 47.3 cm³/mol. The van der Waals surface area contributed by atoms with E-state index in [2.05, 4.69) is 15.0 Å². The highest BCUT2D eigenvalue weighted by Gasteiger charge is 2.22. The van der Waals surface area contributed by atoms with E-state index in [1.54, 1.807) is 0 Å². The summed E-state index contributed by atoms with van der Waals surface area (Å²) in [5.74, 6) is -0.382. The number of carbonyl (C=O) groups excluding carboxylic acids is 1. The highest BCUT2D eigenvalue weighted by atomic mass is 16.5. The van der Waals surface area contributed by atoms with Gasteiger partial charge in [0.15, 0.2) is 6.04 Å². The fourth-order valence-corrected chi connectivity index (χ4v) is 1.22. The first-order valence-electron chi connectivity index (χ1n) is 4.32. The molecule has 6 nitrogen and oxygen atoms in total. The van der Waals surface area contributed by atoms with E-state index in [0.717, 1.165) is 0 Å². The van der Waals surface area contributed by atoms with Crippen LogP contribution in [0.2, 0.25) is 0 Å². The largest absolute Gasteiger partial charge is 0.467 e. The number of aliphatic hydroxyl groups excluding tert-OH is 1. The Hall–Kier alpha value is -1.43. The molecule has 0 saturated carbocycles. The van der Waals surface area contributed by atoms with Gasteiger partial charge in [0.25, 0.3) is 0 Å². The lowest BCUT2D eigenvalue weighted by Crippen LogP contribution is -2.23. The molecular formula is C8H13N3O3. The van der Waals surface area contributed by atoms with Crippen molar-refractivity contribution in [3.63, 3.8) is 0 Å². The molecule has 0 spiro atoms. The van der Waals surface area contributed by atoms with E-state index >= 15 is 0 Å². The first-order valence-corrected chi connectivity index (χ1v) is 4.32. The van der Waals surface area contributed by atoms with Crippen LogP contribution in [0.4, 0.5) is 0 Å². The summed E-state index contributed by atoms with van der Waals surface area (Å²) >= 11 is 0. The van der Waals surface area contributed by atoms with E-state index < -0.39 is 6.04 Å². The van der Waals surface area contributed by atoms with E-state index in [1.165, 1.54) is 18.0 Å². The number of methoxy groups -OCH3 is 1. The zero-order valence-electron chi connectivity index (χ0n) is 8.17. The monoisotopic (exact) mass is 199 g/mol. The number of nitrogens with zero attached hydrogens (tertiary/aromatic N) is 3. The Labute approximate surface area is 81.5 Å². The molecule has 1 aromatic rings. The molecule has 6 heteroatoms. The molecule has 0 aliphatic rings. The van der Waals surface area contributed by atoms with Crippen molar-refractivity contribution in [3.05, 3.63) is 11.9 Å². The minimum Gasteiger partial charge on any atom is -0.467 e. The van der Waals surface area contributed by atoms with Crippen LogP contribution >= 0.6 is 0 Å². The molecule has 1 N–H and O–H groups in total. The van der Waals surface area contributed by atoms with Crippen molar-refractivity contribution in [1.29, 1.82) is 0 Å². The number of hydrogen-bond acceptors (Lipinski definition) is 5. The van der Waals surface area contributed by atoms with Gasteiger partial charge in [0.1, 0.15) is 0 Å². The molecule has 1 heterocycles. The lowest BCUT2D eigenvalue weighted by Gasteiger charge is -2.13. The van der Waals surface area contributed by atoms with E-state index in [0.29, 0.717) is 12.1 Å². The third-order valence-electron chi connectivity index (χ3n) is 1.97. The number of rotatable bonds is 4. The normalized spacial score (nSPS) is 12.5. The molecule has 1 rings (SSSR count). The Morgan fingerprint density at radius 2 is 2.50 bits per heavy atom. The number of aromatic nitrogens is 3. The van der Waals surface area contributed by atoms with Crippen molar-refractivity contribution in [3.8, 4) is 0 Å². The van der Waals surface area contributed by atoms with Crippen LogP contribution in [-0.2, 0) is 16.1 Å². The van der Waals surface area contributed by atoms with Crippen molar-refractivity contribution in [2.45, 2.75) is 26.0 Å². The van der Waals surface area contributed by atoms with Crippen LogP contribution in [0.1, 0.15) is 25.1 Å². The third kappa shape index (κ3) is 1.90. The average Bonchev–Trinajstić information content (AvgIpc) is 2.66. The lowest BCUT2D eigenvalue weighted by molar-refractivity contribution is -0.145. The molecule has 0 bridgehead atoms. The molecule has 0 saturated heterocycles. The first kappa shape index (κ1) is 10.6. The fourth-order valence-electron chi connectivity index (χ4n) is 1.22. The van der Waals surface area contributed by atoms with Gasteiger partial charge in [-0.1, -0.05) is 12.1 Å². The Morgan fingerprint density at radius 3 is 3.00 bits per heavy atom. The van der Waals surface area contributed by atoms with Gasteiger partial charge < -0.3 is 9.84 Å². The van der Waals surface area contributed by atoms with E-state index in [9.17, 15) is 4.79 Å². The quantitative estimate of drug-likeness (QED) is 0.685. The van der Waals surface area contributed by atoms with Crippen LogP contribution < -0.4 is 0 Å². The summed E-state index contributed by atoms with van der Waals surface area (Å²) in [6.07, 6.45) is 1.97. The predicted octanol–water partition coefficient (Wildman–Crippen LogP) is -0.106. The minimum absolute atomic E-state index is 0.194. The SMILES string of the molecule is CC[C@@H](C(=O)OC)n1nncc1CO. The van der Waals surface area contributed by atoms with Gasteiger partial charge >= 0.3 is 5.97 Å². The summed E-state index contributed by atoms with van der Waals surface area (Å²) < 4.78 is 6.00. The van der Waals surface area contributed by atoms with Crippen LogP contribution in [0.3, 0.4) is 0 Å². The maximum atomic E-state index is 11.3. The van der Waals surface area contributed by atoms with Crippen molar-refractivity contribution in [2.75, 3.05) is 7.11 Å². The van der Waals surface area contributed by atoms with Crippen molar-refractivity contribution >= 4 is 5.97 Å². The van der Waals surface area contributed by atoms with Gasteiger partial charge in [0, 0.05) is 0 Å². The molecule has 0 radical (unpaired) electrons.